The summed E-state index contributed by atoms with van der Waals surface area (Å²) in [5.41, 5.74) is 0.277. The Morgan fingerprint density at radius 3 is 2.74 bits per heavy atom. The van der Waals surface area contributed by atoms with Crippen LogP contribution in [0.5, 0.6) is 0 Å². The Hall–Kier alpha value is -1.53. The molecule has 1 aliphatic carbocycles. The van der Waals surface area contributed by atoms with E-state index in [-0.39, 0.29) is 17.7 Å². The zero-order valence-corrected chi connectivity index (χ0v) is 10.8. The lowest BCUT2D eigenvalue weighted by Gasteiger charge is -2.36. The summed E-state index contributed by atoms with van der Waals surface area (Å²) in [4.78, 5) is 18.8. The van der Waals surface area contributed by atoms with Crippen LogP contribution in [0.2, 0.25) is 0 Å². The van der Waals surface area contributed by atoms with E-state index in [1.54, 1.807) is 0 Å². The molecule has 0 spiro atoms. The molecule has 19 heavy (non-hydrogen) atoms. The monoisotopic (exact) mass is 265 g/mol. The zero-order chi connectivity index (χ0) is 13.7. The fraction of sp³-hybridized carbons (Fsp3) is 0.615. The molecule has 1 saturated carbocycles. The van der Waals surface area contributed by atoms with Gasteiger partial charge in [-0.25, -0.2) is 14.8 Å². The number of carbonyl (C=O) groups is 1. The molecular formula is C13H19N3O3. The van der Waals surface area contributed by atoms with E-state index < -0.39 is 5.97 Å². The number of aliphatic hydroxyl groups excluding tert-OH is 1. The lowest BCUT2D eigenvalue weighted by Crippen LogP contribution is -2.49. The van der Waals surface area contributed by atoms with E-state index in [1.807, 2.05) is 0 Å². The van der Waals surface area contributed by atoms with Gasteiger partial charge in [0.15, 0.2) is 0 Å². The predicted octanol–water partition coefficient (Wildman–Crippen LogP) is 0.960. The van der Waals surface area contributed by atoms with Crippen LogP contribution >= 0.6 is 0 Å². The maximum Gasteiger partial charge on any atom is 0.339 e. The predicted molar refractivity (Wildman–Crippen MR) is 68.7 cm³/mol. The van der Waals surface area contributed by atoms with Gasteiger partial charge in [0, 0.05) is 18.3 Å². The molecule has 2 rings (SSSR count). The van der Waals surface area contributed by atoms with E-state index in [9.17, 15) is 9.90 Å². The molecule has 0 amide bonds. The lowest BCUT2D eigenvalue weighted by atomic mass is 9.82. The smallest absolute Gasteiger partial charge is 0.339 e. The maximum atomic E-state index is 11.1. The Bertz CT molecular complexity index is 445. The van der Waals surface area contributed by atoms with Gasteiger partial charge < -0.3 is 15.5 Å². The molecule has 0 aromatic carbocycles. The number of aromatic nitrogens is 2. The first-order valence-corrected chi connectivity index (χ1v) is 6.55. The summed E-state index contributed by atoms with van der Waals surface area (Å²) in [6, 6.07) is 0. The van der Waals surface area contributed by atoms with E-state index in [1.165, 1.54) is 18.9 Å². The molecule has 104 valence electrons. The molecule has 6 heteroatoms. The summed E-state index contributed by atoms with van der Waals surface area (Å²) < 4.78 is 0. The van der Waals surface area contributed by atoms with Crippen molar-refractivity contribution in [3.05, 3.63) is 23.8 Å². The van der Waals surface area contributed by atoms with Crippen LogP contribution in [0.15, 0.2) is 12.5 Å². The number of nitrogens with one attached hydrogen (secondary N) is 1. The van der Waals surface area contributed by atoms with Crippen molar-refractivity contribution in [1.29, 1.82) is 0 Å². The third-order valence-corrected chi connectivity index (χ3v) is 3.77. The van der Waals surface area contributed by atoms with Crippen LogP contribution in [0.25, 0.3) is 0 Å². The average molecular weight is 265 g/mol. The number of nitrogens with zero attached hydrogens (tertiary/aromatic N) is 2. The van der Waals surface area contributed by atoms with Gasteiger partial charge in [-0.2, -0.15) is 0 Å². The molecule has 6 nitrogen and oxygen atoms in total. The van der Waals surface area contributed by atoms with Crippen LogP contribution in [-0.4, -0.2) is 38.3 Å². The third-order valence-electron chi connectivity index (χ3n) is 3.77. The minimum Gasteiger partial charge on any atom is -0.478 e. The number of rotatable bonds is 5. The maximum absolute atomic E-state index is 11.1. The summed E-state index contributed by atoms with van der Waals surface area (Å²) in [7, 11) is 0. The van der Waals surface area contributed by atoms with Crippen molar-refractivity contribution < 1.29 is 15.0 Å². The fourth-order valence-corrected chi connectivity index (χ4v) is 2.57. The molecule has 1 heterocycles. The highest BCUT2D eigenvalue weighted by atomic mass is 16.4. The quantitative estimate of drug-likeness (QED) is 0.734. The van der Waals surface area contributed by atoms with Gasteiger partial charge in [0.1, 0.15) is 11.9 Å². The van der Waals surface area contributed by atoms with Crippen LogP contribution in [0, 0.1) is 0 Å². The highest BCUT2D eigenvalue weighted by Gasteiger charge is 2.31. The second-order valence-corrected chi connectivity index (χ2v) is 5.04. The standard InChI is InChI=1S/C13H19N3O3/c17-8-13(4-2-1-3-5-13)16-7-11-10(12(18)19)6-14-9-15-11/h6,9,16-17H,1-5,7-8H2,(H,18,19). The molecule has 1 aromatic rings. The Kier molecular flexibility index (Phi) is 4.44. The Morgan fingerprint density at radius 2 is 2.11 bits per heavy atom. The first-order chi connectivity index (χ1) is 9.17. The largest absolute Gasteiger partial charge is 0.478 e. The van der Waals surface area contributed by atoms with E-state index in [2.05, 4.69) is 15.3 Å². The summed E-state index contributed by atoms with van der Waals surface area (Å²) in [5.74, 6) is -1.03. The van der Waals surface area contributed by atoms with Gasteiger partial charge in [0.25, 0.3) is 0 Å². The van der Waals surface area contributed by atoms with Crippen molar-refractivity contribution in [1.82, 2.24) is 15.3 Å². The molecule has 1 aliphatic rings. The number of carboxylic acids is 1. The van der Waals surface area contributed by atoms with Crippen molar-refractivity contribution in [2.75, 3.05) is 6.61 Å². The molecule has 0 unspecified atom stereocenters. The van der Waals surface area contributed by atoms with Crippen molar-refractivity contribution >= 4 is 5.97 Å². The molecule has 1 fully saturated rings. The summed E-state index contributed by atoms with van der Waals surface area (Å²) in [6.45, 7) is 0.408. The fourth-order valence-electron chi connectivity index (χ4n) is 2.57. The molecule has 0 aliphatic heterocycles. The first-order valence-electron chi connectivity index (χ1n) is 6.55. The van der Waals surface area contributed by atoms with Crippen molar-refractivity contribution in [2.24, 2.45) is 0 Å². The van der Waals surface area contributed by atoms with E-state index in [0.29, 0.717) is 12.2 Å². The molecular weight excluding hydrogens is 246 g/mol. The third kappa shape index (κ3) is 3.27. The van der Waals surface area contributed by atoms with Gasteiger partial charge in [-0.1, -0.05) is 19.3 Å². The SMILES string of the molecule is O=C(O)c1cncnc1CNC1(CO)CCCCC1. The number of aromatic carboxylic acids is 1. The molecule has 0 saturated heterocycles. The Labute approximate surface area is 111 Å². The zero-order valence-electron chi connectivity index (χ0n) is 10.8. The van der Waals surface area contributed by atoms with E-state index in [0.717, 1.165) is 25.7 Å². The van der Waals surface area contributed by atoms with Crippen molar-refractivity contribution in [3.8, 4) is 0 Å². The number of hydrogen-bond acceptors (Lipinski definition) is 5. The van der Waals surface area contributed by atoms with Crippen LogP contribution in [0.3, 0.4) is 0 Å². The highest BCUT2D eigenvalue weighted by molar-refractivity contribution is 5.88. The molecule has 3 N–H and O–H groups in total. The molecule has 0 atom stereocenters. The molecule has 1 aromatic heterocycles. The Morgan fingerprint density at radius 1 is 1.37 bits per heavy atom. The van der Waals surface area contributed by atoms with Crippen molar-refractivity contribution in [3.63, 3.8) is 0 Å². The van der Waals surface area contributed by atoms with Crippen LogP contribution < -0.4 is 5.32 Å². The number of hydrogen-bond donors (Lipinski definition) is 3. The molecule has 0 bridgehead atoms. The van der Waals surface area contributed by atoms with Crippen molar-refractivity contribution in [2.45, 2.75) is 44.2 Å². The van der Waals surface area contributed by atoms with Crippen LogP contribution in [0.1, 0.15) is 48.2 Å². The van der Waals surface area contributed by atoms with Gasteiger partial charge in [-0.05, 0) is 12.8 Å². The number of aliphatic hydroxyl groups is 1. The minimum atomic E-state index is -1.03. The Balaban J connectivity index is 2.07. The molecule has 0 radical (unpaired) electrons. The summed E-state index contributed by atoms with van der Waals surface area (Å²) >= 11 is 0. The van der Waals surface area contributed by atoms with E-state index in [4.69, 9.17) is 5.11 Å². The van der Waals surface area contributed by atoms with E-state index >= 15 is 0 Å². The highest BCUT2D eigenvalue weighted by Crippen LogP contribution is 2.28. The first kappa shape index (κ1) is 13.9. The normalized spacial score (nSPS) is 18.2. The van der Waals surface area contributed by atoms with Gasteiger partial charge in [0.2, 0.25) is 0 Å². The lowest BCUT2D eigenvalue weighted by molar-refractivity contribution is 0.0693. The van der Waals surface area contributed by atoms with Crippen LogP contribution in [-0.2, 0) is 6.54 Å². The topological polar surface area (TPSA) is 95.3 Å². The second kappa shape index (κ2) is 6.08. The second-order valence-electron chi connectivity index (χ2n) is 5.04. The van der Waals surface area contributed by atoms with Gasteiger partial charge in [0.05, 0.1) is 12.3 Å². The van der Waals surface area contributed by atoms with Gasteiger partial charge in [-0.15, -0.1) is 0 Å². The summed E-state index contributed by atoms with van der Waals surface area (Å²) in [6.07, 6.45) is 7.84. The summed E-state index contributed by atoms with van der Waals surface area (Å²) in [5, 5.41) is 21.9. The van der Waals surface area contributed by atoms with Crippen LogP contribution in [0.4, 0.5) is 0 Å². The minimum absolute atomic E-state index is 0.0699. The number of carboxylic acid groups (broad SMARTS) is 1. The van der Waals surface area contributed by atoms with Gasteiger partial charge in [-0.3, -0.25) is 0 Å². The van der Waals surface area contributed by atoms with Gasteiger partial charge >= 0.3 is 5.97 Å². The average Bonchev–Trinajstić information content (AvgIpc) is 2.46.